The van der Waals surface area contributed by atoms with E-state index in [1.54, 1.807) is 18.2 Å². The molecule has 0 aliphatic heterocycles. The van der Waals surface area contributed by atoms with Crippen LogP contribution in [0, 0.1) is 27.3 Å². The van der Waals surface area contributed by atoms with Crippen LogP contribution in [0.2, 0.25) is 0 Å². The first-order valence-electron chi connectivity index (χ1n) is 8.00. The summed E-state index contributed by atoms with van der Waals surface area (Å²) >= 11 is 0. The van der Waals surface area contributed by atoms with E-state index >= 15 is 0 Å². The topological polar surface area (TPSA) is 109 Å². The summed E-state index contributed by atoms with van der Waals surface area (Å²) in [4.78, 5) is 22.8. The molecule has 0 radical (unpaired) electrons. The van der Waals surface area contributed by atoms with Crippen LogP contribution in [0.1, 0.15) is 5.76 Å². The molecule has 0 aliphatic rings. The molecule has 1 N–H and O–H groups in total. The summed E-state index contributed by atoms with van der Waals surface area (Å²) in [6, 6.07) is 15.9. The van der Waals surface area contributed by atoms with E-state index in [0.29, 0.717) is 5.69 Å². The molecule has 3 rings (SSSR count). The standard InChI is InChI=1S/C20H12FN3O4/c21-14-5-7-15(8-6-14)23-20(25)13(12-22)11-16-9-10-19(28-16)17-3-1-2-4-18(17)24(26)27/h1-11H,(H,23,25). The SMILES string of the molecule is N#CC(=Cc1ccc(-c2ccccc2[N+](=O)[O-])o1)C(=O)Nc1ccc(F)cc1. The van der Waals surface area contributed by atoms with Crippen LogP contribution in [0.25, 0.3) is 17.4 Å². The fourth-order valence-electron chi connectivity index (χ4n) is 2.44. The van der Waals surface area contributed by atoms with E-state index in [0.717, 1.165) is 0 Å². The second kappa shape index (κ2) is 7.97. The molecule has 7 nitrogen and oxygen atoms in total. The summed E-state index contributed by atoms with van der Waals surface area (Å²) in [5.41, 5.74) is 0.240. The first kappa shape index (κ1) is 18.5. The van der Waals surface area contributed by atoms with Gasteiger partial charge >= 0.3 is 0 Å². The number of furan rings is 1. The largest absolute Gasteiger partial charge is 0.456 e. The van der Waals surface area contributed by atoms with Crippen molar-refractivity contribution < 1.29 is 18.5 Å². The first-order valence-corrected chi connectivity index (χ1v) is 8.00. The average molecular weight is 377 g/mol. The van der Waals surface area contributed by atoms with Crippen LogP contribution in [0.5, 0.6) is 0 Å². The van der Waals surface area contributed by atoms with Gasteiger partial charge in [0.2, 0.25) is 0 Å². The van der Waals surface area contributed by atoms with Crippen LogP contribution < -0.4 is 5.32 Å². The summed E-state index contributed by atoms with van der Waals surface area (Å²) in [6.07, 6.45) is 1.22. The molecule has 0 spiro atoms. The number of hydrogen-bond donors (Lipinski definition) is 1. The van der Waals surface area contributed by atoms with Gasteiger partial charge in [-0.2, -0.15) is 5.26 Å². The van der Waals surface area contributed by atoms with Crippen LogP contribution in [0.3, 0.4) is 0 Å². The van der Waals surface area contributed by atoms with Gasteiger partial charge in [0.1, 0.15) is 29.0 Å². The van der Waals surface area contributed by atoms with Crippen molar-refractivity contribution in [3.63, 3.8) is 0 Å². The van der Waals surface area contributed by atoms with E-state index in [4.69, 9.17) is 4.42 Å². The van der Waals surface area contributed by atoms with Crippen molar-refractivity contribution in [1.82, 2.24) is 0 Å². The highest BCUT2D eigenvalue weighted by atomic mass is 19.1. The smallest absolute Gasteiger partial charge is 0.280 e. The summed E-state index contributed by atoms with van der Waals surface area (Å²) < 4.78 is 18.5. The highest BCUT2D eigenvalue weighted by Crippen LogP contribution is 2.31. The van der Waals surface area contributed by atoms with Gasteiger partial charge in [-0.25, -0.2) is 4.39 Å². The number of amides is 1. The van der Waals surface area contributed by atoms with Crippen molar-refractivity contribution in [3.8, 4) is 17.4 Å². The van der Waals surface area contributed by atoms with Gasteiger partial charge in [0.15, 0.2) is 0 Å². The minimum absolute atomic E-state index is 0.123. The minimum Gasteiger partial charge on any atom is -0.456 e. The number of para-hydroxylation sites is 1. The quantitative estimate of drug-likeness (QED) is 0.304. The maximum atomic E-state index is 12.9. The van der Waals surface area contributed by atoms with Crippen LogP contribution in [-0.2, 0) is 4.79 Å². The van der Waals surface area contributed by atoms with Crippen molar-refractivity contribution in [2.75, 3.05) is 5.32 Å². The van der Waals surface area contributed by atoms with E-state index in [1.165, 1.54) is 54.6 Å². The number of anilines is 1. The van der Waals surface area contributed by atoms with Gasteiger partial charge < -0.3 is 9.73 Å². The number of halogens is 1. The van der Waals surface area contributed by atoms with Crippen molar-refractivity contribution in [1.29, 1.82) is 5.26 Å². The number of nitriles is 1. The number of carbonyl (C=O) groups excluding carboxylic acids is 1. The first-order chi connectivity index (χ1) is 13.5. The molecule has 3 aromatic rings. The molecule has 1 heterocycles. The summed E-state index contributed by atoms with van der Waals surface area (Å²) in [7, 11) is 0. The Kier molecular flexibility index (Phi) is 5.28. The second-order valence-corrected chi connectivity index (χ2v) is 5.61. The number of hydrogen-bond acceptors (Lipinski definition) is 5. The zero-order valence-corrected chi connectivity index (χ0v) is 14.3. The maximum absolute atomic E-state index is 12.9. The molecule has 0 saturated heterocycles. The number of nitro benzene ring substituents is 1. The molecule has 0 saturated carbocycles. The number of benzene rings is 2. The van der Waals surface area contributed by atoms with E-state index in [1.807, 2.05) is 0 Å². The summed E-state index contributed by atoms with van der Waals surface area (Å²) in [6.45, 7) is 0. The zero-order chi connectivity index (χ0) is 20.1. The van der Waals surface area contributed by atoms with Crippen molar-refractivity contribution in [2.24, 2.45) is 0 Å². The predicted octanol–water partition coefficient (Wildman–Crippen LogP) is 4.54. The highest BCUT2D eigenvalue weighted by molar-refractivity contribution is 6.09. The van der Waals surface area contributed by atoms with Crippen molar-refractivity contribution >= 4 is 23.4 Å². The van der Waals surface area contributed by atoms with Crippen molar-refractivity contribution in [2.45, 2.75) is 0 Å². The molecule has 28 heavy (non-hydrogen) atoms. The molecular formula is C20H12FN3O4. The van der Waals surface area contributed by atoms with Gasteiger partial charge in [-0.15, -0.1) is 0 Å². The van der Waals surface area contributed by atoms with Crippen LogP contribution >= 0.6 is 0 Å². The molecule has 0 fully saturated rings. The molecule has 0 bridgehead atoms. The second-order valence-electron chi connectivity index (χ2n) is 5.61. The highest BCUT2D eigenvalue weighted by Gasteiger charge is 2.17. The monoisotopic (exact) mass is 377 g/mol. The lowest BCUT2D eigenvalue weighted by Gasteiger charge is -2.03. The fourth-order valence-corrected chi connectivity index (χ4v) is 2.44. The average Bonchev–Trinajstić information content (AvgIpc) is 3.16. The van der Waals surface area contributed by atoms with Gasteiger partial charge in [-0.3, -0.25) is 14.9 Å². The molecule has 1 aromatic heterocycles. The Bertz CT molecular complexity index is 1110. The Hall–Kier alpha value is -4.25. The summed E-state index contributed by atoms with van der Waals surface area (Å²) in [5.74, 6) is -0.737. The lowest BCUT2D eigenvalue weighted by atomic mass is 10.1. The molecule has 0 atom stereocenters. The van der Waals surface area contributed by atoms with E-state index < -0.39 is 16.6 Å². The Balaban J connectivity index is 1.85. The van der Waals surface area contributed by atoms with Gasteiger partial charge in [-0.05, 0) is 42.5 Å². The number of nitrogens with zero attached hydrogens (tertiary/aromatic N) is 2. The van der Waals surface area contributed by atoms with Crippen LogP contribution in [-0.4, -0.2) is 10.8 Å². The molecule has 138 valence electrons. The number of nitro groups is 1. The zero-order valence-electron chi connectivity index (χ0n) is 14.3. The normalized spacial score (nSPS) is 10.9. The van der Waals surface area contributed by atoms with Crippen molar-refractivity contribution in [3.05, 3.63) is 87.9 Å². The Morgan fingerprint density at radius 2 is 1.86 bits per heavy atom. The van der Waals surface area contributed by atoms with E-state index in [2.05, 4.69) is 5.32 Å². The Morgan fingerprint density at radius 3 is 2.54 bits per heavy atom. The van der Waals surface area contributed by atoms with Crippen LogP contribution in [0.4, 0.5) is 15.8 Å². The van der Waals surface area contributed by atoms with Crippen LogP contribution in [0.15, 0.2) is 70.7 Å². The molecule has 1 amide bonds. The summed E-state index contributed by atoms with van der Waals surface area (Å²) in [5, 5.41) is 22.9. The molecule has 0 unspecified atom stereocenters. The van der Waals surface area contributed by atoms with Gasteiger partial charge in [-0.1, -0.05) is 12.1 Å². The Labute approximate surface area is 158 Å². The lowest BCUT2D eigenvalue weighted by Crippen LogP contribution is -2.13. The molecule has 0 aliphatic carbocycles. The molecule has 2 aromatic carbocycles. The predicted molar refractivity (Wildman–Crippen MR) is 99.4 cm³/mol. The van der Waals surface area contributed by atoms with E-state index in [9.17, 15) is 24.6 Å². The third kappa shape index (κ3) is 4.11. The van der Waals surface area contributed by atoms with Gasteiger partial charge in [0.05, 0.1) is 10.5 Å². The number of rotatable bonds is 5. The number of carbonyl (C=O) groups is 1. The van der Waals surface area contributed by atoms with E-state index in [-0.39, 0.29) is 28.3 Å². The molecular weight excluding hydrogens is 365 g/mol. The Morgan fingerprint density at radius 1 is 1.14 bits per heavy atom. The van der Waals surface area contributed by atoms with Gasteiger partial charge in [0.25, 0.3) is 11.6 Å². The van der Waals surface area contributed by atoms with Gasteiger partial charge in [0, 0.05) is 17.8 Å². The minimum atomic E-state index is -0.697. The fraction of sp³-hybridized carbons (Fsp3) is 0. The lowest BCUT2D eigenvalue weighted by molar-refractivity contribution is -0.384. The maximum Gasteiger partial charge on any atom is 0.280 e. The number of nitrogens with one attached hydrogen (secondary N) is 1. The molecule has 8 heteroatoms. The third-order valence-electron chi connectivity index (χ3n) is 3.75. The third-order valence-corrected chi connectivity index (χ3v) is 3.75.